The molecule has 4 nitrogen and oxygen atoms in total. The van der Waals surface area contributed by atoms with Crippen molar-refractivity contribution >= 4 is 11.9 Å². The highest BCUT2D eigenvalue weighted by Crippen LogP contribution is 2.06. The van der Waals surface area contributed by atoms with Gasteiger partial charge in [-0.05, 0) is 18.9 Å². The predicted molar refractivity (Wildman–Crippen MR) is 73.8 cm³/mol. The Labute approximate surface area is 114 Å². The van der Waals surface area contributed by atoms with Gasteiger partial charge in [0.05, 0.1) is 13.5 Å². The molecule has 19 heavy (non-hydrogen) atoms. The fourth-order valence-electron chi connectivity index (χ4n) is 1.79. The first kappa shape index (κ1) is 15.2. The normalized spacial score (nSPS) is 10.1. The van der Waals surface area contributed by atoms with Crippen LogP contribution in [0.5, 0.6) is 0 Å². The highest BCUT2D eigenvalue weighted by atomic mass is 16.5. The molecule has 0 fully saturated rings. The highest BCUT2D eigenvalue weighted by Gasteiger charge is 2.11. The Morgan fingerprint density at radius 2 is 2.00 bits per heavy atom. The first-order valence-electron chi connectivity index (χ1n) is 6.39. The van der Waals surface area contributed by atoms with Crippen molar-refractivity contribution < 1.29 is 14.3 Å². The molecule has 0 saturated heterocycles. The van der Waals surface area contributed by atoms with Crippen LogP contribution >= 0.6 is 0 Å². The number of aryl methyl sites for hydroxylation is 1. The van der Waals surface area contributed by atoms with E-state index in [0.29, 0.717) is 6.54 Å². The Morgan fingerprint density at radius 1 is 1.26 bits per heavy atom. The number of likely N-dealkylation sites (N-methyl/N-ethyl adjacent to an activating group) is 1. The Kier molecular flexibility index (Phi) is 6.06. The lowest BCUT2D eigenvalue weighted by atomic mass is 10.1. The number of ether oxygens (including phenoxy) is 1. The van der Waals surface area contributed by atoms with Crippen molar-refractivity contribution in [1.82, 2.24) is 4.90 Å². The van der Waals surface area contributed by atoms with E-state index in [1.54, 1.807) is 11.9 Å². The van der Waals surface area contributed by atoms with Gasteiger partial charge < -0.3 is 9.64 Å². The molecule has 0 saturated carbocycles. The Balaban J connectivity index is 2.36. The number of methoxy groups -OCH3 is 1. The molecule has 1 aromatic carbocycles. The van der Waals surface area contributed by atoms with Crippen molar-refractivity contribution in [2.45, 2.75) is 26.2 Å². The van der Waals surface area contributed by atoms with E-state index in [0.717, 1.165) is 6.42 Å². The largest absolute Gasteiger partial charge is 0.469 e. The summed E-state index contributed by atoms with van der Waals surface area (Å²) in [4.78, 5) is 24.4. The fraction of sp³-hybridized carbons (Fsp3) is 0.467. The van der Waals surface area contributed by atoms with E-state index >= 15 is 0 Å². The Bertz CT molecular complexity index is 443. The number of rotatable bonds is 6. The van der Waals surface area contributed by atoms with Crippen LogP contribution in [-0.2, 0) is 20.7 Å². The predicted octanol–water partition coefficient (Wildman–Crippen LogP) is 1.95. The lowest BCUT2D eigenvalue weighted by Crippen LogP contribution is -2.29. The Morgan fingerprint density at radius 3 is 2.63 bits per heavy atom. The summed E-state index contributed by atoms with van der Waals surface area (Å²) in [6.45, 7) is 2.71. The van der Waals surface area contributed by atoms with Gasteiger partial charge in [-0.25, -0.2) is 0 Å². The number of amides is 1. The third-order valence-electron chi connectivity index (χ3n) is 3.01. The molecule has 4 heteroatoms. The highest BCUT2D eigenvalue weighted by molar-refractivity contribution is 5.81. The summed E-state index contributed by atoms with van der Waals surface area (Å²) in [6.07, 6.45) is 1.17. The second-order valence-electron chi connectivity index (χ2n) is 4.63. The molecule has 0 atom stereocenters. The van der Waals surface area contributed by atoms with Crippen molar-refractivity contribution in [3.05, 3.63) is 35.4 Å². The number of benzene rings is 1. The minimum absolute atomic E-state index is 0.0296. The number of hydrogen-bond acceptors (Lipinski definition) is 3. The van der Waals surface area contributed by atoms with Gasteiger partial charge in [0.25, 0.3) is 0 Å². The van der Waals surface area contributed by atoms with E-state index in [4.69, 9.17) is 0 Å². The molecule has 0 spiro atoms. The molecular formula is C15H21NO3. The fourth-order valence-corrected chi connectivity index (χ4v) is 1.79. The SMILES string of the molecule is COC(=O)CCC(=O)N(C)CCc1cccc(C)c1. The van der Waals surface area contributed by atoms with E-state index in [1.807, 2.05) is 6.07 Å². The summed E-state index contributed by atoms with van der Waals surface area (Å²) in [7, 11) is 3.09. The number of nitrogens with zero attached hydrogens (tertiary/aromatic N) is 1. The molecule has 0 aliphatic rings. The standard InChI is InChI=1S/C15H21NO3/c1-12-5-4-6-13(11-12)9-10-16(2)14(17)7-8-15(18)19-3/h4-6,11H,7-10H2,1-3H3. The van der Waals surface area contributed by atoms with Gasteiger partial charge in [0.15, 0.2) is 0 Å². The minimum atomic E-state index is -0.347. The number of carbonyl (C=O) groups is 2. The number of hydrogen-bond donors (Lipinski definition) is 0. The van der Waals surface area contributed by atoms with Crippen LogP contribution in [0.25, 0.3) is 0 Å². The van der Waals surface area contributed by atoms with Gasteiger partial charge in [0.1, 0.15) is 0 Å². The molecule has 1 rings (SSSR count). The molecule has 0 aliphatic carbocycles. The van der Waals surface area contributed by atoms with E-state index < -0.39 is 0 Å². The van der Waals surface area contributed by atoms with Gasteiger partial charge in [0, 0.05) is 20.0 Å². The zero-order valence-corrected chi connectivity index (χ0v) is 11.8. The molecule has 1 amide bonds. The van der Waals surface area contributed by atoms with Crippen LogP contribution in [-0.4, -0.2) is 37.5 Å². The van der Waals surface area contributed by atoms with Crippen molar-refractivity contribution in [2.75, 3.05) is 20.7 Å². The molecule has 1 aromatic rings. The van der Waals surface area contributed by atoms with Gasteiger partial charge in [-0.2, -0.15) is 0 Å². The smallest absolute Gasteiger partial charge is 0.306 e. The molecule has 0 aromatic heterocycles. The van der Waals surface area contributed by atoms with Gasteiger partial charge in [-0.3, -0.25) is 9.59 Å². The first-order valence-corrected chi connectivity index (χ1v) is 6.39. The van der Waals surface area contributed by atoms with Crippen LogP contribution in [0.3, 0.4) is 0 Å². The van der Waals surface area contributed by atoms with Crippen molar-refractivity contribution in [1.29, 1.82) is 0 Å². The summed E-state index contributed by atoms with van der Waals surface area (Å²) in [5, 5.41) is 0. The van der Waals surface area contributed by atoms with E-state index in [1.165, 1.54) is 18.2 Å². The van der Waals surface area contributed by atoms with E-state index in [2.05, 4.69) is 29.9 Å². The zero-order chi connectivity index (χ0) is 14.3. The second kappa shape index (κ2) is 7.56. The van der Waals surface area contributed by atoms with Crippen molar-refractivity contribution in [2.24, 2.45) is 0 Å². The minimum Gasteiger partial charge on any atom is -0.469 e. The first-order chi connectivity index (χ1) is 9.02. The molecule has 0 bridgehead atoms. The maximum Gasteiger partial charge on any atom is 0.306 e. The van der Waals surface area contributed by atoms with Crippen LogP contribution in [0.1, 0.15) is 24.0 Å². The summed E-state index contributed by atoms with van der Waals surface area (Å²) < 4.78 is 4.51. The molecule has 0 N–H and O–H groups in total. The molecule has 0 unspecified atom stereocenters. The summed E-state index contributed by atoms with van der Waals surface area (Å²) in [5.74, 6) is -0.376. The third kappa shape index (κ3) is 5.55. The lowest BCUT2D eigenvalue weighted by molar-refractivity contribution is -0.143. The molecule has 0 aliphatic heterocycles. The third-order valence-corrected chi connectivity index (χ3v) is 3.01. The van der Waals surface area contributed by atoms with Gasteiger partial charge >= 0.3 is 5.97 Å². The summed E-state index contributed by atoms with van der Waals surface area (Å²) in [5.41, 5.74) is 2.43. The monoisotopic (exact) mass is 263 g/mol. The van der Waals surface area contributed by atoms with Crippen LogP contribution < -0.4 is 0 Å². The molecule has 104 valence electrons. The maximum absolute atomic E-state index is 11.8. The number of esters is 1. The zero-order valence-electron chi connectivity index (χ0n) is 11.8. The Hall–Kier alpha value is -1.84. The van der Waals surface area contributed by atoms with E-state index in [9.17, 15) is 9.59 Å². The average Bonchev–Trinajstić information content (AvgIpc) is 2.41. The average molecular weight is 263 g/mol. The van der Waals surface area contributed by atoms with Gasteiger partial charge in [-0.1, -0.05) is 29.8 Å². The topological polar surface area (TPSA) is 46.6 Å². The number of carbonyl (C=O) groups excluding carboxylic acids is 2. The van der Waals surface area contributed by atoms with Gasteiger partial charge in [-0.15, -0.1) is 0 Å². The van der Waals surface area contributed by atoms with Crippen molar-refractivity contribution in [3.63, 3.8) is 0 Å². The lowest BCUT2D eigenvalue weighted by Gasteiger charge is -2.17. The quantitative estimate of drug-likeness (QED) is 0.737. The molecule has 0 radical (unpaired) electrons. The summed E-state index contributed by atoms with van der Waals surface area (Å²) in [6, 6.07) is 8.24. The van der Waals surface area contributed by atoms with Crippen LogP contribution in [0.2, 0.25) is 0 Å². The second-order valence-corrected chi connectivity index (χ2v) is 4.63. The van der Waals surface area contributed by atoms with Crippen LogP contribution in [0.4, 0.5) is 0 Å². The van der Waals surface area contributed by atoms with Crippen LogP contribution in [0, 0.1) is 6.92 Å². The molecule has 0 heterocycles. The molecular weight excluding hydrogens is 242 g/mol. The van der Waals surface area contributed by atoms with E-state index in [-0.39, 0.29) is 24.7 Å². The van der Waals surface area contributed by atoms with Crippen LogP contribution in [0.15, 0.2) is 24.3 Å². The maximum atomic E-state index is 11.8. The van der Waals surface area contributed by atoms with Gasteiger partial charge in [0.2, 0.25) is 5.91 Å². The van der Waals surface area contributed by atoms with Crippen molar-refractivity contribution in [3.8, 4) is 0 Å². The summed E-state index contributed by atoms with van der Waals surface area (Å²) >= 11 is 0.